The molecule has 3 aliphatic rings. The van der Waals surface area contributed by atoms with Crippen molar-refractivity contribution >= 4 is 17.7 Å². The van der Waals surface area contributed by atoms with Crippen LogP contribution in [0.25, 0.3) is 0 Å². The van der Waals surface area contributed by atoms with Gasteiger partial charge in [0.15, 0.2) is 5.78 Å². The molecule has 0 amide bonds. The minimum Gasteiger partial charge on any atom is -0.466 e. The van der Waals surface area contributed by atoms with Crippen LogP contribution in [0.4, 0.5) is 0 Å². The van der Waals surface area contributed by atoms with Gasteiger partial charge in [0.1, 0.15) is 5.60 Å². The van der Waals surface area contributed by atoms with E-state index in [-0.39, 0.29) is 11.1 Å². The molecule has 0 spiro atoms. The SMILES string of the molecule is COC(=O)C1=C(C(=O)OC)[C@]2(C)C=C(C)[C@H]1[C@](C)(O)C2=O. The maximum Gasteiger partial charge on any atom is 0.335 e. The average Bonchev–Trinajstić information content (AvgIpc) is 2.42. The molecule has 3 rings (SSSR count). The topological polar surface area (TPSA) is 89.9 Å². The summed E-state index contributed by atoms with van der Waals surface area (Å²) in [6, 6.07) is 0. The van der Waals surface area contributed by atoms with Gasteiger partial charge in [0, 0.05) is 5.92 Å². The number of hydrogen-bond acceptors (Lipinski definition) is 6. The Kier molecular flexibility index (Phi) is 3.33. The molecule has 0 fully saturated rings. The molecule has 0 saturated heterocycles. The first-order chi connectivity index (χ1) is 9.62. The molecule has 0 saturated carbocycles. The van der Waals surface area contributed by atoms with Crippen molar-refractivity contribution in [2.24, 2.45) is 11.3 Å². The Morgan fingerprint density at radius 2 is 1.71 bits per heavy atom. The van der Waals surface area contributed by atoms with Crippen molar-refractivity contribution in [3.63, 3.8) is 0 Å². The first-order valence-electron chi connectivity index (χ1n) is 6.50. The number of allylic oxidation sites excluding steroid dienone is 1. The van der Waals surface area contributed by atoms with Crippen molar-refractivity contribution in [1.82, 2.24) is 0 Å². The number of ketones is 1. The van der Waals surface area contributed by atoms with E-state index in [4.69, 9.17) is 9.47 Å². The van der Waals surface area contributed by atoms with Crippen molar-refractivity contribution in [2.75, 3.05) is 14.2 Å². The zero-order valence-electron chi connectivity index (χ0n) is 12.6. The molecule has 6 heteroatoms. The quantitative estimate of drug-likeness (QED) is 0.591. The van der Waals surface area contributed by atoms with Crippen LogP contribution < -0.4 is 0 Å². The van der Waals surface area contributed by atoms with E-state index in [2.05, 4.69) is 0 Å². The lowest BCUT2D eigenvalue weighted by Crippen LogP contribution is -2.60. The largest absolute Gasteiger partial charge is 0.466 e. The highest BCUT2D eigenvalue weighted by molar-refractivity contribution is 6.14. The molecular formula is C15H18O6. The highest BCUT2D eigenvalue weighted by atomic mass is 16.5. The third-order valence-electron chi connectivity index (χ3n) is 4.34. The molecule has 0 aromatic rings. The summed E-state index contributed by atoms with van der Waals surface area (Å²) in [7, 11) is 2.36. The third kappa shape index (κ3) is 1.78. The Hall–Kier alpha value is -1.95. The second-order valence-electron chi connectivity index (χ2n) is 5.77. The predicted octanol–water partition coefficient (Wildman–Crippen LogP) is 0.545. The lowest BCUT2D eigenvalue weighted by molar-refractivity contribution is -0.155. The molecule has 0 radical (unpaired) electrons. The maximum absolute atomic E-state index is 12.6. The van der Waals surface area contributed by atoms with E-state index in [1.54, 1.807) is 13.0 Å². The minimum atomic E-state index is -1.77. The summed E-state index contributed by atoms with van der Waals surface area (Å²) in [5.74, 6) is -2.95. The van der Waals surface area contributed by atoms with E-state index < -0.39 is 34.7 Å². The smallest absolute Gasteiger partial charge is 0.335 e. The molecular weight excluding hydrogens is 276 g/mol. The number of aliphatic hydroxyl groups is 1. The van der Waals surface area contributed by atoms with Gasteiger partial charge in [0.05, 0.1) is 30.8 Å². The Balaban J connectivity index is 2.85. The van der Waals surface area contributed by atoms with Crippen LogP contribution in [0.2, 0.25) is 0 Å². The molecule has 0 aliphatic heterocycles. The second kappa shape index (κ2) is 4.53. The van der Waals surface area contributed by atoms with Gasteiger partial charge in [0.2, 0.25) is 0 Å². The van der Waals surface area contributed by atoms with Gasteiger partial charge in [-0.05, 0) is 20.8 Å². The van der Waals surface area contributed by atoms with E-state index in [0.29, 0.717) is 5.57 Å². The van der Waals surface area contributed by atoms with E-state index in [1.807, 2.05) is 0 Å². The zero-order chi connectivity index (χ0) is 16.2. The maximum atomic E-state index is 12.6. The molecule has 0 aromatic carbocycles. The van der Waals surface area contributed by atoms with Crippen molar-refractivity contribution in [3.8, 4) is 0 Å². The van der Waals surface area contributed by atoms with Crippen LogP contribution in [-0.4, -0.2) is 42.6 Å². The molecule has 0 aromatic heterocycles. The van der Waals surface area contributed by atoms with Gasteiger partial charge in [-0.2, -0.15) is 0 Å². The molecule has 3 aliphatic carbocycles. The standard InChI is InChI=1S/C15H18O6/c1-7-6-14(2)10(12(17)21-5)8(11(16)20-4)9(7)15(3,19)13(14)18/h6,9,19H,1-5H3/t9-,14+,15+/m1/s1. The molecule has 1 N–H and O–H groups in total. The fourth-order valence-electron chi connectivity index (χ4n) is 3.58. The Bertz CT molecular complexity index is 610. The van der Waals surface area contributed by atoms with Crippen LogP contribution in [0.1, 0.15) is 20.8 Å². The summed E-state index contributed by atoms with van der Waals surface area (Å²) in [6.07, 6.45) is 1.61. The van der Waals surface area contributed by atoms with Crippen molar-refractivity contribution in [1.29, 1.82) is 0 Å². The van der Waals surface area contributed by atoms with Gasteiger partial charge >= 0.3 is 11.9 Å². The first kappa shape index (κ1) is 15.4. The molecule has 21 heavy (non-hydrogen) atoms. The van der Waals surface area contributed by atoms with Crippen LogP contribution in [0.5, 0.6) is 0 Å². The van der Waals surface area contributed by atoms with Crippen LogP contribution in [0.3, 0.4) is 0 Å². The molecule has 3 atom stereocenters. The average molecular weight is 294 g/mol. The lowest BCUT2D eigenvalue weighted by Gasteiger charge is -2.49. The normalized spacial score (nSPS) is 34.7. The van der Waals surface area contributed by atoms with Crippen molar-refractivity contribution < 1.29 is 29.0 Å². The number of methoxy groups -OCH3 is 2. The summed E-state index contributed by atoms with van der Waals surface area (Å²) in [5.41, 5.74) is -2.58. The first-order valence-corrected chi connectivity index (χ1v) is 6.50. The highest BCUT2D eigenvalue weighted by Gasteiger charge is 2.62. The predicted molar refractivity (Wildman–Crippen MR) is 72.0 cm³/mol. The van der Waals surface area contributed by atoms with Crippen molar-refractivity contribution in [3.05, 3.63) is 22.8 Å². The number of hydrogen-bond donors (Lipinski definition) is 1. The van der Waals surface area contributed by atoms with Crippen LogP contribution in [0, 0.1) is 11.3 Å². The van der Waals surface area contributed by atoms with Crippen LogP contribution in [0.15, 0.2) is 22.8 Å². The van der Waals surface area contributed by atoms with Crippen molar-refractivity contribution in [2.45, 2.75) is 26.4 Å². The van der Waals surface area contributed by atoms with E-state index >= 15 is 0 Å². The highest BCUT2D eigenvalue weighted by Crippen LogP contribution is 2.54. The monoisotopic (exact) mass is 294 g/mol. The van der Waals surface area contributed by atoms with E-state index in [9.17, 15) is 19.5 Å². The lowest BCUT2D eigenvalue weighted by atomic mass is 9.53. The van der Waals surface area contributed by atoms with Gasteiger partial charge < -0.3 is 14.6 Å². The molecule has 0 heterocycles. The Morgan fingerprint density at radius 3 is 2.19 bits per heavy atom. The van der Waals surface area contributed by atoms with Gasteiger partial charge in [-0.3, -0.25) is 4.79 Å². The van der Waals surface area contributed by atoms with E-state index in [0.717, 1.165) is 0 Å². The fraction of sp³-hybridized carbons (Fsp3) is 0.533. The van der Waals surface area contributed by atoms with Crippen LogP contribution in [-0.2, 0) is 23.9 Å². The second-order valence-corrected chi connectivity index (χ2v) is 5.77. The zero-order valence-corrected chi connectivity index (χ0v) is 12.6. The number of fused-ring (bicyclic) bond motifs is 1. The van der Waals surface area contributed by atoms with Gasteiger partial charge in [-0.1, -0.05) is 11.6 Å². The van der Waals surface area contributed by atoms with E-state index in [1.165, 1.54) is 28.1 Å². The molecule has 6 nitrogen and oxygen atoms in total. The summed E-state index contributed by atoms with van der Waals surface area (Å²) in [4.78, 5) is 36.8. The number of carbonyl (C=O) groups is 3. The molecule has 114 valence electrons. The third-order valence-corrected chi connectivity index (χ3v) is 4.34. The number of rotatable bonds is 2. The fourth-order valence-corrected chi connectivity index (χ4v) is 3.58. The number of carbonyl (C=O) groups excluding carboxylic acids is 3. The summed E-state index contributed by atoms with van der Waals surface area (Å²) < 4.78 is 9.45. The van der Waals surface area contributed by atoms with Crippen LogP contribution >= 0.6 is 0 Å². The minimum absolute atomic E-state index is 0.00329. The Labute approximate surface area is 122 Å². The van der Waals surface area contributed by atoms with Gasteiger partial charge in [-0.15, -0.1) is 0 Å². The summed E-state index contributed by atoms with van der Waals surface area (Å²) in [5, 5.41) is 10.6. The van der Waals surface area contributed by atoms with Gasteiger partial charge in [0.25, 0.3) is 0 Å². The number of esters is 2. The molecule has 2 bridgehead atoms. The summed E-state index contributed by atoms with van der Waals surface area (Å²) >= 11 is 0. The molecule has 0 unspecified atom stereocenters. The van der Waals surface area contributed by atoms with Gasteiger partial charge in [-0.25, -0.2) is 9.59 Å². The number of Topliss-reactive ketones (excluding diaryl/α,β-unsaturated/α-hetero) is 1. The summed E-state index contributed by atoms with van der Waals surface area (Å²) in [6.45, 7) is 4.56. The Morgan fingerprint density at radius 1 is 1.19 bits per heavy atom. The number of ether oxygens (including phenoxy) is 2.